The molecule has 5 nitrogen and oxygen atoms in total. The monoisotopic (exact) mass is 347 g/mol. The molecule has 0 unspecified atom stereocenters. The summed E-state index contributed by atoms with van der Waals surface area (Å²) in [5.41, 5.74) is 3.29. The molecular formula is C18H25N3O2S. The molecule has 1 aromatic carbocycles. The van der Waals surface area contributed by atoms with E-state index in [9.17, 15) is 4.79 Å². The van der Waals surface area contributed by atoms with Crippen LogP contribution in [0.3, 0.4) is 0 Å². The van der Waals surface area contributed by atoms with Crippen LogP contribution in [0.2, 0.25) is 0 Å². The fraction of sp³-hybridized carbons (Fsp3) is 0.500. The Hall–Kier alpha value is -1.95. The molecule has 0 saturated heterocycles. The molecule has 0 saturated carbocycles. The standard InChI is InChI=1S/C18H25N3O2S/c1-17(2,3)10-15(22)23-14-8-7-12(9-13(14)18(4,5)6)20-16-21-19-11-24-16/h7-9,11H,10H2,1-6H3,(H,20,21). The smallest absolute Gasteiger partial charge is 0.311 e. The number of esters is 1. The van der Waals surface area contributed by atoms with Gasteiger partial charge in [-0.1, -0.05) is 52.9 Å². The molecule has 2 rings (SSSR count). The maximum absolute atomic E-state index is 12.2. The fourth-order valence-electron chi connectivity index (χ4n) is 2.23. The second-order valence-electron chi connectivity index (χ2n) is 8.04. The van der Waals surface area contributed by atoms with Crippen LogP contribution in [0.15, 0.2) is 23.7 Å². The number of rotatable bonds is 4. The molecule has 0 aliphatic rings. The zero-order valence-electron chi connectivity index (χ0n) is 15.1. The summed E-state index contributed by atoms with van der Waals surface area (Å²) >= 11 is 1.43. The van der Waals surface area contributed by atoms with Crippen LogP contribution in [0.5, 0.6) is 5.75 Å². The third-order valence-electron chi connectivity index (χ3n) is 3.30. The molecule has 1 aromatic heterocycles. The summed E-state index contributed by atoms with van der Waals surface area (Å²) in [6.07, 6.45) is 0.376. The second-order valence-corrected chi connectivity index (χ2v) is 8.87. The molecule has 0 amide bonds. The Morgan fingerprint density at radius 3 is 2.46 bits per heavy atom. The maximum atomic E-state index is 12.2. The van der Waals surface area contributed by atoms with E-state index in [-0.39, 0.29) is 16.8 Å². The number of carbonyl (C=O) groups excluding carboxylic acids is 1. The predicted octanol–water partition coefficient (Wildman–Crippen LogP) is 4.92. The van der Waals surface area contributed by atoms with E-state index in [0.29, 0.717) is 12.2 Å². The van der Waals surface area contributed by atoms with E-state index in [1.807, 2.05) is 39.0 Å². The van der Waals surface area contributed by atoms with Gasteiger partial charge in [-0.15, -0.1) is 10.2 Å². The van der Waals surface area contributed by atoms with Gasteiger partial charge >= 0.3 is 5.97 Å². The molecule has 1 heterocycles. The van der Waals surface area contributed by atoms with Crippen LogP contribution >= 0.6 is 11.3 Å². The molecular weight excluding hydrogens is 322 g/mol. The summed E-state index contributed by atoms with van der Waals surface area (Å²) in [7, 11) is 0. The van der Waals surface area contributed by atoms with Crippen LogP contribution in [0, 0.1) is 5.41 Å². The highest BCUT2D eigenvalue weighted by atomic mass is 32.1. The summed E-state index contributed by atoms with van der Waals surface area (Å²) in [4.78, 5) is 12.2. The second kappa shape index (κ2) is 6.89. The summed E-state index contributed by atoms with van der Waals surface area (Å²) < 4.78 is 5.65. The zero-order valence-corrected chi connectivity index (χ0v) is 16.0. The lowest BCUT2D eigenvalue weighted by Crippen LogP contribution is -2.20. The number of anilines is 2. The highest BCUT2D eigenvalue weighted by molar-refractivity contribution is 7.13. The van der Waals surface area contributed by atoms with E-state index in [1.165, 1.54) is 11.3 Å². The van der Waals surface area contributed by atoms with Gasteiger partial charge in [-0.2, -0.15) is 0 Å². The lowest BCUT2D eigenvalue weighted by Gasteiger charge is -2.24. The largest absolute Gasteiger partial charge is 0.426 e. The Morgan fingerprint density at radius 1 is 1.21 bits per heavy atom. The number of hydrogen-bond donors (Lipinski definition) is 1. The maximum Gasteiger partial charge on any atom is 0.311 e. The Balaban J connectivity index is 2.26. The van der Waals surface area contributed by atoms with Gasteiger partial charge in [0.15, 0.2) is 0 Å². The molecule has 2 aromatic rings. The van der Waals surface area contributed by atoms with Crippen LogP contribution < -0.4 is 10.1 Å². The molecule has 130 valence electrons. The average Bonchev–Trinajstić information content (AvgIpc) is 2.90. The first kappa shape index (κ1) is 18.4. The zero-order chi connectivity index (χ0) is 18.0. The molecule has 6 heteroatoms. The summed E-state index contributed by atoms with van der Waals surface area (Å²) in [5, 5.41) is 11.8. The molecule has 0 aliphatic heterocycles. The molecule has 0 radical (unpaired) electrons. The molecule has 0 fully saturated rings. The van der Waals surface area contributed by atoms with Crippen molar-refractivity contribution in [1.82, 2.24) is 10.2 Å². The third kappa shape index (κ3) is 5.30. The van der Waals surface area contributed by atoms with Crippen LogP contribution in [-0.4, -0.2) is 16.2 Å². The summed E-state index contributed by atoms with van der Waals surface area (Å²) in [6.45, 7) is 12.4. The van der Waals surface area contributed by atoms with Gasteiger partial charge < -0.3 is 10.1 Å². The van der Waals surface area contributed by atoms with Gasteiger partial charge in [0.25, 0.3) is 0 Å². The topological polar surface area (TPSA) is 64.1 Å². The van der Waals surface area contributed by atoms with Gasteiger partial charge in [-0.05, 0) is 29.0 Å². The minimum atomic E-state index is -0.210. The van der Waals surface area contributed by atoms with Crippen molar-refractivity contribution in [2.45, 2.75) is 53.4 Å². The van der Waals surface area contributed by atoms with Crippen molar-refractivity contribution in [3.05, 3.63) is 29.3 Å². The average molecular weight is 347 g/mol. The first-order valence-corrected chi connectivity index (χ1v) is 8.81. The van der Waals surface area contributed by atoms with Gasteiger partial charge in [-0.25, -0.2) is 0 Å². The van der Waals surface area contributed by atoms with Gasteiger partial charge in [-0.3, -0.25) is 4.79 Å². The van der Waals surface area contributed by atoms with Gasteiger partial charge in [0, 0.05) is 11.3 Å². The molecule has 0 atom stereocenters. The lowest BCUT2D eigenvalue weighted by molar-refractivity contribution is -0.136. The van der Waals surface area contributed by atoms with E-state index in [4.69, 9.17) is 4.74 Å². The first-order valence-electron chi connectivity index (χ1n) is 7.93. The fourth-order valence-corrected chi connectivity index (χ4v) is 2.69. The Kier molecular flexibility index (Phi) is 5.28. The first-order chi connectivity index (χ1) is 11.0. The Morgan fingerprint density at radius 2 is 1.92 bits per heavy atom. The quantitative estimate of drug-likeness (QED) is 0.628. The SMILES string of the molecule is CC(C)(C)CC(=O)Oc1ccc(Nc2nncs2)cc1C(C)(C)C. The van der Waals surface area contributed by atoms with Crippen molar-refractivity contribution in [2.75, 3.05) is 5.32 Å². The van der Waals surface area contributed by atoms with E-state index < -0.39 is 0 Å². The number of benzene rings is 1. The molecule has 0 spiro atoms. The van der Waals surface area contributed by atoms with Gasteiger partial charge in [0.2, 0.25) is 5.13 Å². The van der Waals surface area contributed by atoms with E-state index in [2.05, 4.69) is 36.3 Å². The number of nitrogens with one attached hydrogen (secondary N) is 1. The van der Waals surface area contributed by atoms with Crippen LogP contribution in [0.4, 0.5) is 10.8 Å². The van der Waals surface area contributed by atoms with E-state index in [0.717, 1.165) is 16.4 Å². The van der Waals surface area contributed by atoms with Crippen molar-refractivity contribution < 1.29 is 9.53 Å². The number of aromatic nitrogens is 2. The Labute approximate surface area is 147 Å². The lowest BCUT2D eigenvalue weighted by atomic mass is 9.86. The third-order valence-corrected chi connectivity index (χ3v) is 3.90. The summed E-state index contributed by atoms with van der Waals surface area (Å²) in [5.74, 6) is 0.400. The minimum absolute atomic E-state index is 0.0989. The number of ether oxygens (including phenoxy) is 1. The van der Waals surface area contributed by atoms with Crippen LogP contribution in [-0.2, 0) is 10.2 Å². The van der Waals surface area contributed by atoms with Crippen molar-refractivity contribution in [3.63, 3.8) is 0 Å². The highest BCUT2D eigenvalue weighted by Gasteiger charge is 2.23. The normalized spacial score (nSPS) is 12.1. The number of hydrogen-bond acceptors (Lipinski definition) is 6. The number of nitrogens with zero attached hydrogens (tertiary/aromatic N) is 2. The van der Waals surface area contributed by atoms with Gasteiger partial charge in [0.05, 0.1) is 6.42 Å². The summed E-state index contributed by atoms with van der Waals surface area (Å²) in [6, 6.07) is 5.72. The number of carbonyl (C=O) groups is 1. The van der Waals surface area contributed by atoms with Crippen molar-refractivity contribution in [1.29, 1.82) is 0 Å². The van der Waals surface area contributed by atoms with Gasteiger partial charge in [0.1, 0.15) is 11.3 Å². The van der Waals surface area contributed by atoms with Crippen molar-refractivity contribution in [3.8, 4) is 5.75 Å². The van der Waals surface area contributed by atoms with Crippen molar-refractivity contribution in [2.24, 2.45) is 5.41 Å². The van der Waals surface area contributed by atoms with Crippen molar-refractivity contribution >= 4 is 28.1 Å². The predicted molar refractivity (Wildman–Crippen MR) is 98.0 cm³/mol. The molecule has 0 aliphatic carbocycles. The Bertz CT molecular complexity index is 698. The van der Waals surface area contributed by atoms with Crippen LogP contribution in [0.1, 0.15) is 53.5 Å². The molecule has 24 heavy (non-hydrogen) atoms. The molecule has 1 N–H and O–H groups in total. The molecule has 0 bridgehead atoms. The van der Waals surface area contributed by atoms with E-state index >= 15 is 0 Å². The minimum Gasteiger partial charge on any atom is -0.426 e. The van der Waals surface area contributed by atoms with Crippen LogP contribution in [0.25, 0.3) is 0 Å². The highest BCUT2D eigenvalue weighted by Crippen LogP contribution is 2.35. The van der Waals surface area contributed by atoms with E-state index in [1.54, 1.807) is 5.51 Å².